The van der Waals surface area contributed by atoms with Crippen LogP contribution in [0.5, 0.6) is 0 Å². The summed E-state index contributed by atoms with van der Waals surface area (Å²) in [6.45, 7) is 3.02. The highest BCUT2D eigenvalue weighted by Crippen LogP contribution is 2.36. The molecule has 0 radical (unpaired) electrons. The second-order valence-electron chi connectivity index (χ2n) is 7.03. The van der Waals surface area contributed by atoms with Crippen LogP contribution in [0.4, 0.5) is 0 Å². The fourth-order valence-corrected chi connectivity index (χ4v) is 3.76. The van der Waals surface area contributed by atoms with Gasteiger partial charge < -0.3 is 9.67 Å². The molecule has 1 aromatic carbocycles. The maximum Gasteiger partial charge on any atom is 0.335 e. The molecule has 5 heteroatoms. The van der Waals surface area contributed by atoms with Crippen LogP contribution in [0.2, 0.25) is 0 Å². The number of piperidine rings is 1. The third-order valence-corrected chi connectivity index (χ3v) is 5.18. The fraction of sp³-hybridized carbons (Fsp3) is 0.474. The number of aromatic carboxylic acids is 1. The van der Waals surface area contributed by atoms with E-state index in [1.165, 1.54) is 18.5 Å². The SMILES string of the molecule is O=C(O)c1cccc([C@@H]2CCCN(Cc3cncn3C3CC3)C2)c1. The summed E-state index contributed by atoms with van der Waals surface area (Å²) in [7, 11) is 0. The van der Waals surface area contributed by atoms with Gasteiger partial charge in [-0.3, -0.25) is 4.90 Å². The Morgan fingerprint density at radius 1 is 1.29 bits per heavy atom. The Morgan fingerprint density at radius 3 is 2.96 bits per heavy atom. The van der Waals surface area contributed by atoms with Crippen molar-refractivity contribution in [2.75, 3.05) is 13.1 Å². The minimum Gasteiger partial charge on any atom is -0.478 e. The van der Waals surface area contributed by atoms with Crippen LogP contribution in [-0.2, 0) is 6.54 Å². The first-order chi connectivity index (χ1) is 11.7. The van der Waals surface area contributed by atoms with E-state index in [0.29, 0.717) is 17.5 Å². The average Bonchev–Trinajstić information content (AvgIpc) is 3.35. The van der Waals surface area contributed by atoms with Gasteiger partial charge in [0, 0.05) is 25.3 Å². The van der Waals surface area contributed by atoms with Gasteiger partial charge in [-0.25, -0.2) is 9.78 Å². The third kappa shape index (κ3) is 3.22. The molecule has 0 amide bonds. The Hall–Kier alpha value is -2.14. The number of nitrogens with zero attached hydrogens (tertiary/aromatic N) is 3. The molecule has 1 N–H and O–H groups in total. The number of benzene rings is 1. The normalized spacial score (nSPS) is 21.8. The summed E-state index contributed by atoms with van der Waals surface area (Å²) in [5, 5.41) is 9.20. The molecule has 0 bridgehead atoms. The zero-order chi connectivity index (χ0) is 16.5. The number of aromatic nitrogens is 2. The summed E-state index contributed by atoms with van der Waals surface area (Å²) in [6.07, 6.45) is 8.78. The van der Waals surface area contributed by atoms with E-state index < -0.39 is 5.97 Å². The number of carboxylic acids is 1. The number of imidazole rings is 1. The van der Waals surface area contributed by atoms with E-state index in [0.717, 1.165) is 38.0 Å². The molecule has 1 aliphatic carbocycles. The molecule has 126 valence electrons. The predicted molar refractivity (Wildman–Crippen MR) is 91.2 cm³/mol. The number of likely N-dealkylation sites (tertiary alicyclic amines) is 1. The maximum absolute atomic E-state index is 11.2. The highest BCUT2D eigenvalue weighted by Gasteiger charge is 2.27. The van der Waals surface area contributed by atoms with Crippen molar-refractivity contribution in [3.63, 3.8) is 0 Å². The lowest BCUT2D eigenvalue weighted by Gasteiger charge is -2.33. The Kier molecular flexibility index (Phi) is 4.10. The second kappa shape index (κ2) is 6.40. The summed E-state index contributed by atoms with van der Waals surface area (Å²) in [6, 6.07) is 8.09. The summed E-state index contributed by atoms with van der Waals surface area (Å²) >= 11 is 0. The first kappa shape index (κ1) is 15.4. The molecule has 0 spiro atoms. The van der Waals surface area contributed by atoms with Crippen molar-refractivity contribution in [3.05, 3.63) is 53.6 Å². The Morgan fingerprint density at radius 2 is 2.17 bits per heavy atom. The van der Waals surface area contributed by atoms with Gasteiger partial charge in [0.25, 0.3) is 0 Å². The minimum atomic E-state index is -0.849. The molecule has 2 aliphatic rings. The van der Waals surface area contributed by atoms with E-state index in [1.807, 2.05) is 24.7 Å². The first-order valence-electron chi connectivity index (χ1n) is 8.77. The molecule has 1 saturated heterocycles. The van der Waals surface area contributed by atoms with E-state index >= 15 is 0 Å². The van der Waals surface area contributed by atoms with Crippen LogP contribution in [0.15, 0.2) is 36.8 Å². The summed E-state index contributed by atoms with van der Waals surface area (Å²) in [5.74, 6) is -0.437. The monoisotopic (exact) mass is 325 g/mol. The number of hydrogen-bond acceptors (Lipinski definition) is 3. The topological polar surface area (TPSA) is 58.4 Å². The molecule has 2 fully saturated rings. The molecule has 1 saturated carbocycles. The fourth-order valence-electron chi connectivity index (χ4n) is 3.76. The van der Waals surface area contributed by atoms with Gasteiger partial charge in [0.15, 0.2) is 0 Å². The van der Waals surface area contributed by atoms with Gasteiger partial charge in [-0.15, -0.1) is 0 Å². The lowest BCUT2D eigenvalue weighted by atomic mass is 9.89. The summed E-state index contributed by atoms with van der Waals surface area (Å²) in [5.41, 5.74) is 2.84. The summed E-state index contributed by atoms with van der Waals surface area (Å²) < 4.78 is 2.33. The van der Waals surface area contributed by atoms with Crippen molar-refractivity contribution in [1.82, 2.24) is 14.5 Å². The van der Waals surface area contributed by atoms with Crippen molar-refractivity contribution in [3.8, 4) is 0 Å². The summed E-state index contributed by atoms with van der Waals surface area (Å²) in [4.78, 5) is 18.0. The molecule has 1 atom stereocenters. The zero-order valence-electron chi connectivity index (χ0n) is 13.8. The maximum atomic E-state index is 11.2. The molecule has 2 aromatic rings. The van der Waals surface area contributed by atoms with Crippen LogP contribution in [-0.4, -0.2) is 38.6 Å². The molecule has 2 heterocycles. The molecule has 0 unspecified atom stereocenters. The van der Waals surface area contributed by atoms with Crippen molar-refractivity contribution < 1.29 is 9.90 Å². The highest BCUT2D eigenvalue weighted by atomic mass is 16.4. The van der Waals surface area contributed by atoms with Gasteiger partial charge in [0.1, 0.15) is 0 Å². The number of carbonyl (C=O) groups is 1. The smallest absolute Gasteiger partial charge is 0.335 e. The minimum absolute atomic E-state index is 0.386. The van der Waals surface area contributed by atoms with Gasteiger partial charge in [-0.1, -0.05) is 12.1 Å². The second-order valence-corrected chi connectivity index (χ2v) is 7.03. The average molecular weight is 325 g/mol. The zero-order valence-corrected chi connectivity index (χ0v) is 13.8. The predicted octanol–water partition coefficient (Wildman–Crippen LogP) is 3.30. The highest BCUT2D eigenvalue weighted by molar-refractivity contribution is 5.87. The number of rotatable bonds is 5. The molecular weight excluding hydrogens is 302 g/mol. The van der Waals surface area contributed by atoms with Gasteiger partial charge in [0.05, 0.1) is 17.6 Å². The molecule has 5 nitrogen and oxygen atoms in total. The van der Waals surface area contributed by atoms with Crippen LogP contribution in [0.1, 0.15) is 59.3 Å². The third-order valence-electron chi connectivity index (χ3n) is 5.18. The van der Waals surface area contributed by atoms with Gasteiger partial charge in [0.2, 0.25) is 0 Å². The van der Waals surface area contributed by atoms with Gasteiger partial charge in [-0.05, 0) is 55.8 Å². The van der Waals surface area contributed by atoms with Crippen LogP contribution >= 0.6 is 0 Å². The van der Waals surface area contributed by atoms with E-state index in [2.05, 4.69) is 20.5 Å². The van der Waals surface area contributed by atoms with Crippen molar-refractivity contribution in [1.29, 1.82) is 0 Å². The Labute approximate surface area is 141 Å². The van der Waals surface area contributed by atoms with Crippen LogP contribution < -0.4 is 0 Å². The molecule has 1 aliphatic heterocycles. The largest absolute Gasteiger partial charge is 0.478 e. The van der Waals surface area contributed by atoms with E-state index in [4.69, 9.17) is 0 Å². The van der Waals surface area contributed by atoms with E-state index in [9.17, 15) is 9.90 Å². The van der Waals surface area contributed by atoms with Crippen LogP contribution in [0.3, 0.4) is 0 Å². The molecular formula is C19H23N3O2. The lowest BCUT2D eigenvalue weighted by molar-refractivity contribution is 0.0696. The quantitative estimate of drug-likeness (QED) is 0.916. The van der Waals surface area contributed by atoms with Crippen molar-refractivity contribution >= 4 is 5.97 Å². The molecule has 4 rings (SSSR count). The van der Waals surface area contributed by atoms with Crippen LogP contribution in [0, 0.1) is 0 Å². The van der Waals surface area contributed by atoms with Crippen molar-refractivity contribution in [2.24, 2.45) is 0 Å². The standard InChI is InChI=1S/C19H23N3O2/c23-19(24)15-4-1-3-14(9-15)16-5-2-8-21(11-16)12-18-10-20-13-22(18)17-6-7-17/h1,3-4,9-10,13,16-17H,2,5-8,11-12H2,(H,23,24)/t16-/m1/s1. The van der Waals surface area contributed by atoms with E-state index in [1.54, 1.807) is 6.07 Å². The number of carboxylic acid groups (broad SMARTS) is 1. The molecule has 24 heavy (non-hydrogen) atoms. The lowest BCUT2D eigenvalue weighted by Crippen LogP contribution is -2.34. The van der Waals surface area contributed by atoms with Gasteiger partial charge in [-0.2, -0.15) is 0 Å². The Balaban J connectivity index is 1.46. The Bertz CT molecular complexity index is 736. The van der Waals surface area contributed by atoms with E-state index in [-0.39, 0.29) is 0 Å². The van der Waals surface area contributed by atoms with Crippen molar-refractivity contribution in [2.45, 2.75) is 44.2 Å². The molecule has 1 aromatic heterocycles. The van der Waals surface area contributed by atoms with Crippen LogP contribution in [0.25, 0.3) is 0 Å². The first-order valence-corrected chi connectivity index (χ1v) is 8.77. The number of hydrogen-bond donors (Lipinski definition) is 1. The van der Waals surface area contributed by atoms with Gasteiger partial charge >= 0.3 is 5.97 Å².